The Morgan fingerprint density at radius 1 is 0.857 bits per heavy atom. The lowest BCUT2D eigenvalue weighted by atomic mass is 10.1. The van der Waals surface area contributed by atoms with Gasteiger partial charge in [0, 0.05) is 18.1 Å². The van der Waals surface area contributed by atoms with E-state index in [1.807, 2.05) is 60.7 Å². The second-order valence-corrected chi connectivity index (χ2v) is 6.46. The van der Waals surface area contributed by atoms with Crippen molar-refractivity contribution in [2.24, 2.45) is 0 Å². The molecule has 0 radical (unpaired) electrons. The van der Waals surface area contributed by atoms with Crippen molar-refractivity contribution in [3.05, 3.63) is 101 Å². The molecule has 0 fully saturated rings. The second kappa shape index (κ2) is 7.92. The third kappa shape index (κ3) is 4.01. The molecule has 0 unspecified atom stereocenters. The number of carbonyl (C=O) groups is 1. The van der Waals surface area contributed by atoms with Crippen LogP contribution in [0.1, 0.15) is 12.0 Å². The van der Waals surface area contributed by atoms with Gasteiger partial charge in [0.15, 0.2) is 5.43 Å². The van der Waals surface area contributed by atoms with Gasteiger partial charge in [-0.2, -0.15) is 0 Å². The standard InChI is InChI=1S/C24H18O4/c25-21-16-23(18-9-5-2-6-10-18)28-22-13-12-19(15-20(21)22)27-24(26)14-11-17-7-3-1-4-8-17/h1-10,12-13,15-16H,11,14H2. The summed E-state index contributed by atoms with van der Waals surface area (Å²) in [6.45, 7) is 0. The van der Waals surface area contributed by atoms with Crippen molar-refractivity contribution in [1.82, 2.24) is 0 Å². The molecule has 0 aliphatic carbocycles. The first-order chi connectivity index (χ1) is 13.7. The lowest BCUT2D eigenvalue weighted by Gasteiger charge is -2.07. The van der Waals surface area contributed by atoms with Gasteiger partial charge in [-0.25, -0.2) is 0 Å². The SMILES string of the molecule is O=C(CCc1ccccc1)Oc1ccc2oc(-c3ccccc3)cc(=O)c2c1. The number of hydrogen-bond acceptors (Lipinski definition) is 4. The van der Waals surface area contributed by atoms with Crippen molar-refractivity contribution in [2.75, 3.05) is 0 Å². The molecule has 138 valence electrons. The summed E-state index contributed by atoms with van der Waals surface area (Å²) >= 11 is 0. The first-order valence-corrected chi connectivity index (χ1v) is 9.07. The van der Waals surface area contributed by atoms with Crippen molar-refractivity contribution in [2.45, 2.75) is 12.8 Å². The van der Waals surface area contributed by atoms with Gasteiger partial charge in [-0.1, -0.05) is 60.7 Å². The zero-order valence-corrected chi connectivity index (χ0v) is 15.1. The van der Waals surface area contributed by atoms with Crippen LogP contribution in [0.15, 0.2) is 94.1 Å². The maximum atomic E-state index is 12.5. The Bertz CT molecular complexity index is 1160. The number of rotatable bonds is 5. The van der Waals surface area contributed by atoms with E-state index < -0.39 is 0 Å². The van der Waals surface area contributed by atoms with Crippen LogP contribution in [0.25, 0.3) is 22.3 Å². The maximum absolute atomic E-state index is 12.5. The summed E-state index contributed by atoms with van der Waals surface area (Å²) in [6.07, 6.45) is 0.874. The number of carbonyl (C=O) groups excluding carboxylic acids is 1. The molecule has 0 atom stereocenters. The Kier molecular flexibility index (Phi) is 5.02. The lowest BCUT2D eigenvalue weighted by Crippen LogP contribution is -2.09. The van der Waals surface area contributed by atoms with E-state index in [4.69, 9.17) is 9.15 Å². The predicted molar refractivity (Wildman–Crippen MR) is 108 cm³/mol. The Labute approximate surface area is 162 Å². The number of hydrogen-bond donors (Lipinski definition) is 0. The number of fused-ring (bicyclic) bond motifs is 1. The van der Waals surface area contributed by atoms with E-state index in [9.17, 15) is 9.59 Å². The van der Waals surface area contributed by atoms with E-state index >= 15 is 0 Å². The van der Waals surface area contributed by atoms with Gasteiger partial charge < -0.3 is 9.15 Å². The van der Waals surface area contributed by atoms with Crippen LogP contribution >= 0.6 is 0 Å². The van der Waals surface area contributed by atoms with Crippen LogP contribution in [-0.2, 0) is 11.2 Å². The summed E-state index contributed by atoms with van der Waals surface area (Å²) in [7, 11) is 0. The van der Waals surface area contributed by atoms with E-state index in [0.29, 0.717) is 28.9 Å². The van der Waals surface area contributed by atoms with E-state index in [1.54, 1.807) is 18.2 Å². The first-order valence-electron chi connectivity index (χ1n) is 9.07. The Morgan fingerprint density at radius 2 is 1.57 bits per heavy atom. The van der Waals surface area contributed by atoms with Gasteiger partial charge in [-0.15, -0.1) is 0 Å². The molecule has 1 heterocycles. The molecular weight excluding hydrogens is 352 g/mol. The van der Waals surface area contributed by atoms with Crippen LogP contribution in [0.5, 0.6) is 5.75 Å². The van der Waals surface area contributed by atoms with Crippen molar-refractivity contribution < 1.29 is 13.9 Å². The molecule has 0 spiro atoms. The molecular formula is C24H18O4. The highest BCUT2D eigenvalue weighted by atomic mass is 16.5. The molecule has 4 heteroatoms. The minimum atomic E-state index is -0.339. The predicted octanol–water partition coefficient (Wildman–Crippen LogP) is 5.00. The quantitative estimate of drug-likeness (QED) is 0.366. The molecule has 4 nitrogen and oxygen atoms in total. The smallest absolute Gasteiger partial charge is 0.311 e. The van der Waals surface area contributed by atoms with Crippen molar-refractivity contribution in [3.63, 3.8) is 0 Å². The molecule has 0 amide bonds. The largest absolute Gasteiger partial charge is 0.456 e. The van der Waals surface area contributed by atoms with Crippen LogP contribution in [0.2, 0.25) is 0 Å². The third-order valence-electron chi connectivity index (χ3n) is 4.45. The average Bonchev–Trinajstić information content (AvgIpc) is 2.74. The number of aryl methyl sites for hydroxylation is 1. The number of ether oxygens (including phenoxy) is 1. The molecule has 0 aliphatic rings. The van der Waals surface area contributed by atoms with Gasteiger partial charge in [-0.3, -0.25) is 9.59 Å². The van der Waals surface area contributed by atoms with Crippen molar-refractivity contribution in [1.29, 1.82) is 0 Å². The molecule has 28 heavy (non-hydrogen) atoms. The molecule has 0 bridgehead atoms. The topological polar surface area (TPSA) is 56.5 Å². The third-order valence-corrected chi connectivity index (χ3v) is 4.45. The average molecular weight is 370 g/mol. The molecule has 0 aliphatic heterocycles. The van der Waals surface area contributed by atoms with Crippen molar-refractivity contribution in [3.8, 4) is 17.1 Å². The molecule has 3 aromatic carbocycles. The van der Waals surface area contributed by atoms with E-state index in [1.165, 1.54) is 6.07 Å². The highest BCUT2D eigenvalue weighted by molar-refractivity contribution is 5.81. The first kappa shape index (κ1) is 17.7. The van der Waals surface area contributed by atoms with Gasteiger partial charge >= 0.3 is 5.97 Å². The van der Waals surface area contributed by atoms with Crippen LogP contribution in [0.4, 0.5) is 0 Å². The summed E-state index contributed by atoms with van der Waals surface area (Å²) in [4.78, 5) is 24.6. The fourth-order valence-corrected chi connectivity index (χ4v) is 3.02. The van der Waals surface area contributed by atoms with Gasteiger partial charge in [0.25, 0.3) is 0 Å². The summed E-state index contributed by atoms with van der Waals surface area (Å²) in [5, 5.41) is 0.382. The fraction of sp³-hybridized carbons (Fsp3) is 0.0833. The Balaban J connectivity index is 1.52. The van der Waals surface area contributed by atoms with Gasteiger partial charge in [0.05, 0.1) is 5.39 Å². The molecule has 4 aromatic rings. The van der Waals surface area contributed by atoms with E-state index in [-0.39, 0.29) is 17.8 Å². The molecule has 0 saturated carbocycles. The van der Waals surface area contributed by atoms with Crippen LogP contribution in [-0.4, -0.2) is 5.97 Å². The molecule has 0 N–H and O–H groups in total. The second-order valence-electron chi connectivity index (χ2n) is 6.46. The number of benzene rings is 3. The lowest BCUT2D eigenvalue weighted by molar-refractivity contribution is -0.134. The molecule has 4 rings (SSSR count). The summed E-state index contributed by atoms with van der Waals surface area (Å²) in [6, 6.07) is 25.5. The normalized spacial score (nSPS) is 10.7. The van der Waals surface area contributed by atoms with Crippen LogP contribution < -0.4 is 10.2 Å². The van der Waals surface area contributed by atoms with Crippen LogP contribution in [0, 0.1) is 0 Å². The van der Waals surface area contributed by atoms with Crippen LogP contribution in [0.3, 0.4) is 0 Å². The zero-order chi connectivity index (χ0) is 19.3. The monoisotopic (exact) mass is 370 g/mol. The zero-order valence-electron chi connectivity index (χ0n) is 15.1. The van der Waals surface area contributed by atoms with E-state index in [2.05, 4.69) is 0 Å². The summed E-state index contributed by atoms with van der Waals surface area (Å²) < 4.78 is 11.2. The number of esters is 1. The molecule has 1 aromatic heterocycles. The summed E-state index contributed by atoms with van der Waals surface area (Å²) in [5.74, 6) is 0.504. The maximum Gasteiger partial charge on any atom is 0.311 e. The Hall–Kier alpha value is -3.66. The Morgan fingerprint density at radius 3 is 2.32 bits per heavy atom. The summed E-state index contributed by atoms with van der Waals surface area (Å²) in [5.41, 5.74) is 2.18. The minimum Gasteiger partial charge on any atom is -0.456 e. The van der Waals surface area contributed by atoms with E-state index in [0.717, 1.165) is 11.1 Å². The molecule has 0 saturated heterocycles. The van der Waals surface area contributed by atoms with Gasteiger partial charge in [0.2, 0.25) is 0 Å². The minimum absolute atomic E-state index is 0.178. The fourth-order valence-electron chi connectivity index (χ4n) is 3.02. The van der Waals surface area contributed by atoms with Gasteiger partial charge in [0.1, 0.15) is 17.1 Å². The highest BCUT2D eigenvalue weighted by Gasteiger charge is 2.10. The van der Waals surface area contributed by atoms with Crippen molar-refractivity contribution >= 4 is 16.9 Å². The highest BCUT2D eigenvalue weighted by Crippen LogP contribution is 2.24. The van der Waals surface area contributed by atoms with Gasteiger partial charge in [-0.05, 0) is 30.2 Å².